The van der Waals surface area contributed by atoms with Gasteiger partial charge >= 0.3 is 0 Å². The molecule has 4 heteroatoms. The van der Waals surface area contributed by atoms with Gasteiger partial charge in [0.15, 0.2) is 0 Å². The van der Waals surface area contributed by atoms with E-state index in [9.17, 15) is 4.79 Å². The molecule has 1 atom stereocenters. The fourth-order valence-electron chi connectivity index (χ4n) is 5.42. The van der Waals surface area contributed by atoms with Crippen molar-refractivity contribution in [2.75, 3.05) is 7.11 Å². The second-order valence-electron chi connectivity index (χ2n) is 8.98. The second-order valence-corrected chi connectivity index (χ2v) is 8.98. The summed E-state index contributed by atoms with van der Waals surface area (Å²) in [6.07, 6.45) is 0. The molecule has 1 aromatic heterocycles. The van der Waals surface area contributed by atoms with Gasteiger partial charge in [-0.3, -0.25) is 4.79 Å². The topological polar surface area (TPSA) is 34.5 Å². The van der Waals surface area contributed by atoms with E-state index in [0.29, 0.717) is 6.54 Å². The van der Waals surface area contributed by atoms with E-state index in [2.05, 4.69) is 66.2 Å². The maximum absolute atomic E-state index is 13.8. The first-order valence-electron chi connectivity index (χ1n) is 11.8. The molecule has 0 aliphatic carbocycles. The lowest BCUT2D eigenvalue weighted by molar-refractivity contribution is 0.0737. The highest BCUT2D eigenvalue weighted by molar-refractivity contribution is 6.02. The third-order valence-electron chi connectivity index (χ3n) is 7.04. The summed E-state index contributed by atoms with van der Waals surface area (Å²) >= 11 is 0. The number of aromatic nitrogens is 1. The number of amides is 1. The maximum Gasteiger partial charge on any atom is 0.255 e. The number of rotatable bonds is 5. The predicted molar refractivity (Wildman–Crippen MR) is 140 cm³/mol. The van der Waals surface area contributed by atoms with Crippen molar-refractivity contribution < 1.29 is 9.53 Å². The van der Waals surface area contributed by atoms with Crippen molar-refractivity contribution >= 4 is 16.8 Å². The molecule has 0 spiro atoms. The average molecular weight is 459 g/mol. The van der Waals surface area contributed by atoms with Gasteiger partial charge in [0.25, 0.3) is 5.91 Å². The number of aryl methyl sites for hydroxylation is 1. The van der Waals surface area contributed by atoms with E-state index in [4.69, 9.17) is 4.74 Å². The van der Waals surface area contributed by atoms with Crippen molar-refractivity contribution in [2.24, 2.45) is 7.05 Å². The van der Waals surface area contributed by atoms with Crippen molar-refractivity contribution in [3.05, 3.63) is 125 Å². The molecular formula is C31H26N2O2. The van der Waals surface area contributed by atoms with Gasteiger partial charge in [-0.2, -0.15) is 0 Å². The van der Waals surface area contributed by atoms with Crippen LogP contribution in [0.4, 0.5) is 0 Å². The number of ether oxygens (including phenoxy) is 1. The van der Waals surface area contributed by atoms with E-state index in [0.717, 1.165) is 39.2 Å². The summed E-state index contributed by atoms with van der Waals surface area (Å²) in [5, 5.41) is 1.17. The Balaban J connectivity index is 1.59. The van der Waals surface area contributed by atoms with Crippen molar-refractivity contribution in [3.63, 3.8) is 0 Å². The highest BCUT2D eigenvalue weighted by atomic mass is 16.5. The van der Waals surface area contributed by atoms with Crippen LogP contribution in [0.1, 0.15) is 33.1 Å². The van der Waals surface area contributed by atoms with Gasteiger partial charge in [0.05, 0.1) is 18.8 Å². The van der Waals surface area contributed by atoms with E-state index in [1.165, 1.54) is 10.9 Å². The quantitative estimate of drug-likeness (QED) is 0.297. The Morgan fingerprint density at radius 2 is 1.49 bits per heavy atom. The molecule has 1 aliphatic heterocycles. The van der Waals surface area contributed by atoms with Gasteiger partial charge in [-0.15, -0.1) is 0 Å². The lowest BCUT2D eigenvalue weighted by atomic mass is 9.93. The summed E-state index contributed by atoms with van der Waals surface area (Å²) < 4.78 is 7.59. The smallest absolute Gasteiger partial charge is 0.255 e. The molecule has 5 aromatic rings. The van der Waals surface area contributed by atoms with Crippen LogP contribution in [0.15, 0.2) is 103 Å². The fourth-order valence-corrected chi connectivity index (χ4v) is 5.42. The van der Waals surface area contributed by atoms with E-state index < -0.39 is 0 Å². The summed E-state index contributed by atoms with van der Waals surface area (Å²) in [5.74, 6) is 0.870. The van der Waals surface area contributed by atoms with E-state index in [1.807, 2.05) is 53.4 Å². The van der Waals surface area contributed by atoms with Crippen LogP contribution in [0.3, 0.4) is 0 Å². The third-order valence-corrected chi connectivity index (χ3v) is 7.04. The largest absolute Gasteiger partial charge is 0.497 e. The number of fused-ring (bicyclic) bond motifs is 2. The summed E-state index contributed by atoms with van der Waals surface area (Å²) in [4.78, 5) is 15.8. The summed E-state index contributed by atoms with van der Waals surface area (Å²) in [5.41, 5.74) is 7.50. The first-order chi connectivity index (χ1) is 17.2. The molecule has 0 N–H and O–H groups in total. The summed E-state index contributed by atoms with van der Waals surface area (Å²) in [6.45, 7) is 0.514. The molecule has 1 aliphatic rings. The molecule has 0 radical (unpaired) electrons. The highest BCUT2D eigenvalue weighted by Crippen LogP contribution is 2.46. The molecular weight excluding hydrogens is 432 g/mol. The zero-order valence-electron chi connectivity index (χ0n) is 19.8. The Morgan fingerprint density at radius 1 is 0.800 bits per heavy atom. The number of carbonyl (C=O) groups is 1. The predicted octanol–water partition coefficient (Wildman–Crippen LogP) is 6.60. The minimum Gasteiger partial charge on any atom is -0.497 e. The monoisotopic (exact) mass is 458 g/mol. The third kappa shape index (κ3) is 3.41. The van der Waals surface area contributed by atoms with Gasteiger partial charge in [-0.1, -0.05) is 78.9 Å². The van der Waals surface area contributed by atoms with Gasteiger partial charge < -0.3 is 14.2 Å². The van der Waals surface area contributed by atoms with Crippen LogP contribution in [0.25, 0.3) is 22.2 Å². The van der Waals surface area contributed by atoms with E-state index >= 15 is 0 Å². The van der Waals surface area contributed by atoms with Gasteiger partial charge in [-0.05, 0) is 41.0 Å². The molecule has 172 valence electrons. The van der Waals surface area contributed by atoms with E-state index in [1.54, 1.807) is 7.11 Å². The van der Waals surface area contributed by atoms with Crippen LogP contribution in [-0.2, 0) is 13.6 Å². The number of nitrogens with zero attached hydrogens (tertiary/aromatic N) is 2. The molecule has 0 saturated heterocycles. The molecule has 0 bridgehead atoms. The van der Waals surface area contributed by atoms with Gasteiger partial charge in [0.1, 0.15) is 5.75 Å². The van der Waals surface area contributed by atoms with Gasteiger partial charge in [0, 0.05) is 35.6 Å². The van der Waals surface area contributed by atoms with Crippen LogP contribution < -0.4 is 4.74 Å². The standard InChI is InChI=1S/C31H26N2O2/c1-32-27-15-9-8-14-26(27)28(29(32)22-10-4-3-5-11-22)30-24-12-6-7-13-25(24)31(34)33(30)20-21-16-18-23(35-2)19-17-21/h3-19,30H,20H2,1-2H3. The average Bonchev–Trinajstić information content (AvgIpc) is 3.35. The number of para-hydroxylation sites is 1. The van der Waals surface area contributed by atoms with Crippen LogP contribution in [0, 0.1) is 0 Å². The first-order valence-corrected chi connectivity index (χ1v) is 11.8. The molecule has 35 heavy (non-hydrogen) atoms. The zero-order chi connectivity index (χ0) is 23.9. The summed E-state index contributed by atoms with van der Waals surface area (Å²) in [6, 6.07) is 34.8. The lowest BCUT2D eigenvalue weighted by Gasteiger charge is -2.27. The Morgan fingerprint density at radius 3 is 2.26 bits per heavy atom. The van der Waals surface area contributed by atoms with Crippen molar-refractivity contribution in [3.8, 4) is 17.0 Å². The van der Waals surface area contributed by atoms with Crippen LogP contribution in [-0.4, -0.2) is 22.5 Å². The molecule has 6 rings (SSSR count). The zero-order valence-corrected chi connectivity index (χ0v) is 19.8. The minimum atomic E-state index is -0.192. The van der Waals surface area contributed by atoms with Gasteiger partial charge in [-0.25, -0.2) is 0 Å². The van der Waals surface area contributed by atoms with Crippen LogP contribution in [0.5, 0.6) is 5.75 Å². The Bertz CT molecular complexity index is 1530. The molecule has 2 heterocycles. The Labute approximate surface area is 205 Å². The Kier molecular flexibility index (Phi) is 5.14. The number of hydrogen-bond acceptors (Lipinski definition) is 2. The normalized spacial score (nSPS) is 15.0. The number of hydrogen-bond donors (Lipinski definition) is 0. The van der Waals surface area contributed by atoms with Gasteiger partial charge in [0.2, 0.25) is 0 Å². The molecule has 1 unspecified atom stereocenters. The highest BCUT2D eigenvalue weighted by Gasteiger charge is 2.40. The summed E-state index contributed by atoms with van der Waals surface area (Å²) in [7, 11) is 3.78. The van der Waals surface area contributed by atoms with Crippen LogP contribution >= 0.6 is 0 Å². The molecule has 0 fully saturated rings. The SMILES string of the molecule is COc1ccc(CN2C(=O)c3ccccc3C2c2c(-c3ccccc3)n(C)c3ccccc23)cc1. The Hall–Kier alpha value is -4.31. The lowest BCUT2D eigenvalue weighted by Crippen LogP contribution is -2.28. The molecule has 4 nitrogen and oxygen atoms in total. The number of carbonyl (C=O) groups excluding carboxylic acids is 1. The molecule has 0 saturated carbocycles. The maximum atomic E-state index is 13.8. The van der Waals surface area contributed by atoms with Crippen molar-refractivity contribution in [2.45, 2.75) is 12.6 Å². The first kappa shape index (κ1) is 21.2. The second kappa shape index (κ2) is 8.48. The fraction of sp³-hybridized carbons (Fsp3) is 0.129. The van der Waals surface area contributed by atoms with E-state index in [-0.39, 0.29) is 11.9 Å². The number of methoxy groups -OCH3 is 1. The van der Waals surface area contributed by atoms with Crippen LogP contribution in [0.2, 0.25) is 0 Å². The van der Waals surface area contributed by atoms with Crippen molar-refractivity contribution in [1.29, 1.82) is 0 Å². The molecule has 4 aromatic carbocycles. The van der Waals surface area contributed by atoms with Crippen molar-refractivity contribution in [1.82, 2.24) is 9.47 Å². The minimum absolute atomic E-state index is 0.0633. The number of benzene rings is 4. The molecule has 1 amide bonds.